The third kappa shape index (κ3) is 4.61. The Morgan fingerprint density at radius 3 is 1.67 bits per heavy atom. The normalized spacial score (nSPS) is 20.6. The molecular weight excluding hydrogens is 456 g/mol. The summed E-state index contributed by atoms with van der Waals surface area (Å²) in [6.45, 7) is 5.68. The third-order valence-electron chi connectivity index (χ3n) is 6.03. The number of rotatable bonds is 5. The maximum atomic E-state index is 13.7. The molecule has 174 valence electrons. The van der Waals surface area contributed by atoms with E-state index in [4.69, 9.17) is 0 Å². The molecule has 4 rings (SSSR count). The van der Waals surface area contributed by atoms with Crippen LogP contribution in [-0.4, -0.2) is 44.6 Å². The Morgan fingerprint density at radius 1 is 0.667 bits per heavy atom. The van der Waals surface area contributed by atoms with E-state index in [9.17, 15) is 16.8 Å². The molecular formula is C25H28N2O4S2. The predicted octanol–water partition coefficient (Wildman–Crippen LogP) is 4.13. The van der Waals surface area contributed by atoms with Crippen LogP contribution < -0.4 is 0 Å². The van der Waals surface area contributed by atoms with E-state index in [0.717, 1.165) is 16.7 Å². The number of sulfonamides is 2. The lowest BCUT2D eigenvalue weighted by molar-refractivity contribution is 0.149. The van der Waals surface area contributed by atoms with Gasteiger partial charge in [0.25, 0.3) is 0 Å². The fraction of sp³-hybridized carbons (Fsp3) is 0.280. The lowest BCUT2D eigenvalue weighted by atomic mass is 10.0. The minimum Gasteiger partial charge on any atom is -0.207 e. The van der Waals surface area contributed by atoms with Crippen LogP contribution in [0.25, 0.3) is 0 Å². The zero-order valence-electron chi connectivity index (χ0n) is 18.9. The molecule has 3 aromatic rings. The van der Waals surface area contributed by atoms with E-state index in [2.05, 4.69) is 0 Å². The first-order valence-electron chi connectivity index (χ1n) is 10.8. The highest BCUT2D eigenvalue weighted by Crippen LogP contribution is 2.36. The van der Waals surface area contributed by atoms with Crippen LogP contribution in [0, 0.1) is 13.8 Å². The molecule has 1 saturated heterocycles. The second kappa shape index (κ2) is 9.02. The summed E-state index contributed by atoms with van der Waals surface area (Å²) in [5.41, 5.74) is 2.69. The number of benzene rings is 3. The molecule has 0 aromatic heterocycles. The van der Waals surface area contributed by atoms with Crippen LogP contribution in [0.1, 0.15) is 29.7 Å². The Bertz CT molecular complexity index is 1320. The van der Waals surface area contributed by atoms with Crippen LogP contribution in [0.2, 0.25) is 0 Å². The summed E-state index contributed by atoms with van der Waals surface area (Å²) in [7, 11) is -7.63. The lowest BCUT2D eigenvalue weighted by Gasteiger charge is -2.44. The molecule has 0 saturated carbocycles. The maximum absolute atomic E-state index is 13.7. The minimum atomic E-state index is -3.85. The Morgan fingerprint density at radius 2 is 1.15 bits per heavy atom. The summed E-state index contributed by atoms with van der Waals surface area (Å²) < 4.78 is 57.2. The van der Waals surface area contributed by atoms with Gasteiger partial charge in [0.1, 0.15) is 0 Å². The highest BCUT2D eigenvalue weighted by atomic mass is 32.2. The maximum Gasteiger partial charge on any atom is 0.243 e. The number of aryl methyl sites for hydroxylation is 2. The van der Waals surface area contributed by atoms with Gasteiger partial charge in [-0.25, -0.2) is 16.8 Å². The van der Waals surface area contributed by atoms with Crippen molar-refractivity contribution in [2.24, 2.45) is 0 Å². The summed E-state index contributed by atoms with van der Waals surface area (Å²) in [5, 5.41) is 0. The van der Waals surface area contributed by atoms with Crippen LogP contribution in [0.15, 0.2) is 88.7 Å². The first kappa shape index (κ1) is 23.6. The summed E-state index contributed by atoms with van der Waals surface area (Å²) in [5.74, 6) is 0. The van der Waals surface area contributed by atoms with E-state index in [1.165, 1.54) is 8.61 Å². The van der Waals surface area contributed by atoms with E-state index < -0.39 is 32.1 Å². The van der Waals surface area contributed by atoms with Crippen LogP contribution >= 0.6 is 0 Å². The molecule has 0 radical (unpaired) electrons. The number of nitrogens with zero attached hydrogens (tertiary/aromatic N) is 2. The van der Waals surface area contributed by atoms with E-state index in [-0.39, 0.29) is 22.9 Å². The topological polar surface area (TPSA) is 74.8 Å². The SMILES string of the molecule is Cc1ccc(S(=O)(=O)N2C[C@@H](C)N(S(=O)(=O)c3ccc(C)cc3)[C@@H](c3ccccc3)C2)cc1. The average molecular weight is 485 g/mol. The van der Waals surface area contributed by atoms with Crippen molar-refractivity contribution in [3.05, 3.63) is 95.6 Å². The highest BCUT2D eigenvalue weighted by molar-refractivity contribution is 7.89. The van der Waals surface area contributed by atoms with Gasteiger partial charge in [0.15, 0.2) is 0 Å². The van der Waals surface area contributed by atoms with Crippen molar-refractivity contribution in [2.75, 3.05) is 13.1 Å². The van der Waals surface area contributed by atoms with Crippen molar-refractivity contribution < 1.29 is 16.8 Å². The standard InChI is InChI=1S/C25H28N2O4S2/c1-19-9-13-23(14-10-19)32(28,29)26-17-21(3)27(25(18-26)22-7-5-4-6-8-22)33(30,31)24-15-11-20(2)12-16-24/h4-16,21,25H,17-18H2,1-3H3/t21-,25-/m1/s1. The van der Waals surface area contributed by atoms with Crippen molar-refractivity contribution in [1.29, 1.82) is 0 Å². The smallest absolute Gasteiger partial charge is 0.207 e. The van der Waals surface area contributed by atoms with Crippen molar-refractivity contribution in [3.8, 4) is 0 Å². The summed E-state index contributed by atoms with van der Waals surface area (Å²) in [4.78, 5) is 0.415. The Kier molecular flexibility index (Phi) is 6.46. The molecule has 0 unspecified atom stereocenters. The van der Waals surface area contributed by atoms with E-state index in [1.807, 2.05) is 44.2 Å². The molecule has 0 amide bonds. The van der Waals surface area contributed by atoms with Gasteiger partial charge in [0.2, 0.25) is 20.0 Å². The van der Waals surface area contributed by atoms with Crippen LogP contribution in [-0.2, 0) is 20.0 Å². The molecule has 33 heavy (non-hydrogen) atoms. The molecule has 1 fully saturated rings. The van der Waals surface area contributed by atoms with Crippen LogP contribution in [0.3, 0.4) is 0 Å². The van der Waals surface area contributed by atoms with Gasteiger partial charge in [-0.05, 0) is 50.6 Å². The van der Waals surface area contributed by atoms with Crippen molar-refractivity contribution in [3.63, 3.8) is 0 Å². The molecule has 2 atom stereocenters. The fourth-order valence-corrected chi connectivity index (χ4v) is 7.56. The molecule has 0 spiro atoms. The molecule has 3 aromatic carbocycles. The zero-order chi connectivity index (χ0) is 23.8. The highest BCUT2D eigenvalue weighted by Gasteiger charge is 2.44. The molecule has 0 bridgehead atoms. The van der Waals surface area contributed by atoms with Crippen LogP contribution in [0.4, 0.5) is 0 Å². The van der Waals surface area contributed by atoms with E-state index >= 15 is 0 Å². The molecule has 0 N–H and O–H groups in total. The minimum absolute atomic E-state index is 0.0374. The van der Waals surface area contributed by atoms with Gasteiger partial charge in [-0.1, -0.05) is 65.7 Å². The van der Waals surface area contributed by atoms with Crippen molar-refractivity contribution in [1.82, 2.24) is 8.61 Å². The molecule has 1 aliphatic heterocycles. The number of hydrogen-bond donors (Lipinski definition) is 0. The van der Waals surface area contributed by atoms with E-state index in [0.29, 0.717) is 0 Å². The van der Waals surface area contributed by atoms with Gasteiger partial charge < -0.3 is 0 Å². The zero-order valence-corrected chi connectivity index (χ0v) is 20.6. The van der Waals surface area contributed by atoms with Crippen molar-refractivity contribution >= 4 is 20.0 Å². The van der Waals surface area contributed by atoms with Gasteiger partial charge in [-0.3, -0.25) is 0 Å². The Labute approximate surface area is 196 Å². The Balaban J connectivity index is 1.77. The van der Waals surface area contributed by atoms with Gasteiger partial charge >= 0.3 is 0 Å². The molecule has 1 aliphatic rings. The first-order chi connectivity index (χ1) is 15.6. The summed E-state index contributed by atoms with van der Waals surface area (Å²) >= 11 is 0. The molecule has 0 aliphatic carbocycles. The summed E-state index contributed by atoms with van der Waals surface area (Å²) in [6.07, 6.45) is 0. The first-order valence-corrected chi connectivity index (χ1v) is 13.7. The number of piperazine rings is 1. The molecule has 6 nitrogen and oxygen atoms in total. The van der Waals surface area contributed by atoms with Gasteiger partial charge in [0, 0.05) is 19.1 Å². The second-order valence-electron chi connectivity index (χ2n) is 8.56. The largest absolute Gasteiger partial charge is 0.243 e. The third-order valence-corrected chi connectivity index (χ3v) is 9.91. The quantitative estimate of drug-likeness (QED) is 0.546. The van der Waals surface area contributed by atoms with Crippen LogP contribution in [0.5, 0.6) is 0 Å². The van der Waals surface area contributed by atoms with Gasteiger partial charge in [0.05, 0.1) is 15.8 Å². The van der Waals surface area contributed by atoms with Crippen molar-refractivity contribution in [2.45, 2.75) is 42.6 Å². The van der Waals surface area contributed by atoms with Gasteiger partial charge in [-0.15, -0.1) is 0 Å². The molecule has 8 heteroatoms. The van der Waals surface area contributed by atoms with Gasteiger partial charge in [-0.2, -0.15) is 8.61 Å². The summed E-state index contributed by atoms with van der Waals surface area (Å²) in [6, 6.07) is 21.5. The predicted molar refractivity (Wildman–Crippen MR) is 129 cm³/mol. The molecule has 1 heterocycles. The second-order valence-corrected chi connectivity index (χ2v) is 12.3. The Hall–Kier alpha value is -2.52. The lowest BCUT2D eigenvalue weighted by Crippen LogP contribution is -2.56. The fourth-order valence-electron chi connectivity index (χ4n) is 4.25. The van der Waals surface area contributed by atoms with E-state index in [1.54, 1.807) is 55.5 Å². The average Bonchev–Trinajstić information content (AvgIpc) is 2.79. The monoisotopic (exact) mass is 484 g/mol. The number of hydrogen-bond acceptors (Lipinski definition) is 4.